The van der Waals surface area contributed by atoms with Gasteiger partial charge in [-0.2, -0.15) is 0 Å². The normalized spacial score (nSPS) is 19.2. The Hall–Kier alpha value is -1.10. The van der Waals surface area contributed by atoms with E-state index >= 15 is 0 Å². The highest BCUT2D eigenvalue weighted by molar-refractivity contribution is 5.85. The molecule has 0 spiro atoms. The van der Waals surface area contributed by atoms with E-state index in [0.717, 1.165) is 25.0 Å². The minimum Gasteiger partial charge on any atom is -0.376 e. The topological polar surface area (TPSA) is 55.6 Å². The van der Waals surface area contributed by atoms with Gasteiger partial charge in [0.1, 0.15) is 0 Å². The lowest BCUT2D eigenvalue weighted by atomic mass is 10.1. The van der Waals surface area contributed by atoms with Crippen molar-refractivity contribution in [3.8, 4) is 0 Å². The van der Waals surface area contributed by atoms with E-state index in [2.05, 4.69) is 0 Å². The van der Waals surface area contributed by atoms with Crippen LogP contribution in [0.5, 0.6) is 0 Å². The van der Waals surface area contributed by atoms with Gasteiger partial charge in [0.05, 0.1) is 12.1 Å². The van der Waals surface area contributed by atoms with Crippen LogP contribution in [-0.2, 0) is 16.1 Å². The van der Waals surface area contributed by atoms with E-state index in [9.17, 15) is 4.79 Å². The molecule has 0 saturated carbocycles. The van der Waals surface area contributed by atoms with Gasteiger partial charge in [-0.1, -0.05) is 30.3 Å². The fourth-order valence-corrected chi connectivity index (χ4v) is 2.36. The summed E-state index contributed by atoms with van der Waals surface area (Å²) in [5.74, 6) is -0.0145. The van der Waals surface area contributed by atoms with Crippen molar-refractivity contribution in [1.82, 2.24) is 4.90 Å². The number of amides is 1. The van der Waals surface area contributed by atoms with Crippen LogP contribution in [0.2, 0.25) is 0 Å². The van der Waals surface area contributed by atoms with Crippen LogP contribution in [0.25, 0.3) is 0 Å². The lowest BCUT2D eigenvalue weighted by Gasteiger charge is -2.27. The molecule has 2 atom stereocenters. The van der Waals surface area contributed by atoms with Crippen molar-refractivity contribution in [2.75, 3.05) is 13.2 Å². The van der Waals surface area contributed by atoms with Gasteiger partial charge in [-0.15, -0.1) is 12.4 Å². The minimum absolute atomic E-state index is 0. The summed E-state index contributed by atoms with van der Waals surface area (Å²) in [4.78, 5) is 14.0. The predicted molar refractivity (Wildman–Crippen MR) is 81.7 cm³/mol. The van der Waals surface area contributed by atoms with Gasteiger partial charge in [-0.25, -0.2) is 0 Å². The summed E-state index contributed by atoms with van der Waals surface area (Å²) in [7, 11) is 0. The van der Waals surface area contributed by atoms with Crippen LogP contribution in [0.1, 0.15) is 25.3 Å². The van der Waals surface area contributed by atoms with Crippen LogP contribution in [0.3, 0.4) is 0 Å². The molecule has 0 radical (unpaired) electrons. The maximum Gasteiger partial charge on any atom is 0.239 e. The zero-order valence-corrected chi connectivity index (χ0v) is 12.6. The van der Waals surface area contributed by atoms with Crippen molar-refractivity contribution >= 4 is 18.3 Å². The number of nitrogens with two attached hydrogens (primary N) is 1. The first-order valence-electron chi connectivity index (χ1n) is 6.86. The number of carbonyl (C=O) groups excluding carboxylic acids is 1. The van der Waals surface area contributed by atoms with Crippen molar-refractivity contribution in [3.05, 3.63) is 35.9 Å². The molecule has 0 bridgehead atoms. The number of ether oxygens (including phenoxy) is 1. The predicted octanol–water partition coefficient (Wildman–Crippen LogP) is 1.96. The molecule has 1 unspecified atom stereocenters. The molecule has 1 amide bonds. The molecule has 0 aromatic heterocycles. The van der Waals surface area contributed by atoms with Gasteiger partial charge in [0.25, 0.3) is 0 Å². The highest BCUT2D eigenvalue weighted by Gasteiger charge is 2.24. The van der Waals surface area contributed by atoms with Crippen molar-refractivity contribution in [2.45, 2.75) is 38.5 Å². The van der Waals surface area contributed by atoms with Gasteiger partial charge < -0.3 is 15.4 Å². The van der Waals surface area contributed by atoms with Crippen LogP contribution >= 0.6 is 12.4 Å². The highest BCUT2D eigenvalue weighted by Crippen LogP contribution is 2.15. The van der Waals surface area contributed by atoms with Crippen molar-refractivity contribution < 1.29 is 9.53 Å². The molecule has 1 heterocycles. The molecule has 1 aromatic carbocycles. The maximum absolute atomic E-state index is 12.2. The van der Waals surface area contributed by atoms with Crippen LogP contribution in [0.15, 0.2) is 30.3 Å². The van der Waals surface area contributed by atoms with E-state index in [-0.39, 0.29) is 24.4 Å². The Bertz CT molecular complexity index is 406. The molecule has 1 aliphatic rings. The summed E-state index contributed by atoms with van der Waals surface area (Å²) < 4.78 is 5.62. The number of halogens is 1. The Kier molecular flexibility index (Phi) is 6.99. The zero-order chi connectivity index (χ0) is 13.7. The van der Waals surface area contributed by atoms with Crippen LogP contribution in [0, 0.1) is 0 Å². The standard InChI is InChI=1S/C15H22N2O2.ClH/c1-12(16)15(18)17(11-14-8-5-9-19-14)10-13-6-3-2-4-7-13;/h2-4,6-7,12,14H,5,8-11,16H2,1H3;1H/t12-,14?;/m1./s1. The summed E-state index contributed by atoms with van der Waals surface area (Å²) in [5.41, 5.74) is 6.85. The molecule has 1 aliphatic heterocycles. The van der Waals surface area contributed by atoms with E-state index < -0.39 is 6.04 Å². The van der Waals surface area contributed by atoms with E-state index in [1.165, 1.54) is 0 Å². The van der Waals surface area contributed by atoms with Gasteiger partial charge in [0.2, 0.25) is 5.91 Å². The number of nitrogens with zero attached hydrogens (tertiary/aromatic N) is 1. The van der Waals surface area contributed by atoms with Crippen molar-refractivity contribution in [2.24, 2.45) is 5.73 Å². The monoisotopic (exact) mass is 298 g/mol. The van der Waals surface area contributed by atoms with Gasteiger partial charge in [0, 0.05) is 19.7 Å². The molecule has 2 N–H and O–H groups in total. The number of rotatable bonds is 5. The number of hydrogen-bond acceptors (Lipinski definition) is 3. The largest absolute Gasteiger partial charge is 0.376 e. The van der Waals surface area contributed by atoms with E-state index in [1.54, 1.807) is 6.92 Å². The second kappa shape index (κ2) is 8.25. The highest BCUT2D eigenvalue weighted by atomic mass is 35.5. The number of hydrogen-bond donors (Lipinski definition) is 1. The van der Waals surface area contributed by atoms with Crippen LogP contribution < -0.4 is 5.73 Å². The van der Waals surface area contributed by atoms with Crippen molar-refractivity contribution in [3.63, 3.8) is 0 Å². The van der Waals surface area contributed by atoms with Gasteiger partial charge in [-0.3, -0.25) is 4.79 Å². The average Bonchev–Trinajstić information content (AvgIpc) is 2.91. The lowest BCUT2D eigenvalue weighted by Crippen LogP contribution is -2.44. The second-order valence-electron chi connectivity index (χ2n) is 5.13. The summed E-state index contributed by atoms with van der Waals surface area (Å²) in [6.45, 7) is 3.77. The first kappa shape index (κ1) is 17.0. The first-order chi connectivity index (χ1) is 9.16. The Morgan fingerprint density at radius 2 is 2.15 bits per heavy atom. The molecule has 1 aromatic rings. The average molecular weight is 299 g/mol. The smallest absolute Gasteiger partial charge is 0.239 e. The zero-order valence-electron chi connectivity index (χ0n) is 11.8. The Balaban J connectivity index is 0.00000200. The molecule has 1 saturated heterocycles. The Morgan fingerprint density at radius 3 is 2.70 bits per heavy atom. The van der Waals surface area contributed by atoms with Crippen molar-refractivity contribution in [1.29, 1.82) is 0 Å². The summed E-state index contributed by atoms with van der Waals surface area (Å²) in [6.07, 6.45) is 2.26. The SMILES string of the molecule is C[C@@H](N)C(=O)N(Cc1ccccc1)CC1CCCO1.Cl. The number of benzene rings is 1. The number of carbonyl (C=O) groups is 1. The lowest BCUT2D eigenvalue weighted by molar-refractivity contribution is -0.134. The van der Waals surface area contributed by atoms with Gasteiger partial charge in [-0.05, 0) is 25.3 Å². The van der Waals surface area contributed by atoms with E-state index in [4.69, 9.17) is 10.5 Å². The third-order valence-corrected chi connectivity index (χ3v) is 3.37. The van der Waals surface area contributed by atoms with Gasteiger partial charge in [0.15, 0.2) is 0 Å². The molecule has 0 aliphatic carbocycles. The third-order valence-electron chi connectivity index (χ3n) is 3.37. The summed E-state index contributed by atoms with van der Waals surface area (Å²) >= 11 is 0. The Labute approximate surface area is 126 Å². The molecular weight excluding hydrogens is 276 g/mol. The van der Waals surface area contributed by atoms with Gasteiger partial charge >= 0.3 is 0 Å². The fourth-order valence-electron chi connectivity index (χ4n) is 2.36. The maximum atomic E-state index is 12.2. The molecular formula is C15H23ClN2O2. The summed E-state index contributed by atoms with van der Waals surface area (Å²) in [6, 6.07) is 9.52. The first-order valence-corrected chi connectivity index (χ1v) is 6.86. The minimum atomic E-state index is -0.467. The third kappa shape index (κ3) is 4.78. The summed E-state index contributed by atoms with van der Waals surface area (Å²) in [5, 5.41) is 0. The quantitative estimate of drug-likeness (QED) is 0.904. The van der Waals surface area contributed by atoms with E-state index in [0.29, 0.717) is 13.1 Å². The molecule has 20 heavy (non-hydrogen) atoms. The second-order valence-corrected chi connectivity index (χ2v) is 5.13. The Morgan fingerprint density at radius 1 is 1.45 bits per heavy atom. The van der Waals surface area contributed by atoms with Crippen LogP contribution in [0.4, 0.5) is 0 Å². The molecule has 4 nitrogen and oxygen atoms in total. The molecule has 112 valence electrons. The van der Waals surface area contributed by atoms with E-state index in [1.807, 2.05) is 35.2 Å². The molecule has 5 heteroatoms. The molecule has 2 rings (SSSR count). The van der Waals surface area contributed by atoms with Crippen LogP contribution in [-0.4, -0.2) is 36.1 Å². The molecule has 1 fully saturated rings. The fraction of sp³-hybridized carbons (Fsp3) is 0.533.